The Morgan fingerprint density at radius 2 is 2.19 bits per heavy atom. The Morgan fingerprint density at radius 1 is 1.38 bits per heavy atom. The number of rotatable bonds is 0. The standard InChI is InChI=1S/C11H7NO3S/c13-10-9-7(4-2-6-16)3-1-5-8(9)12-11(14)15-10/h1,3,5,16H,6H2,(H,12,14). The number of hydrogen-bond donors (Lipinski definition) is 2. The normalized spacial score (nSPS) is 9.81. The van der Waals surface area contributed by atoms with Gasteiger partial charge in [-0.05, 0) is 12.1 Å². The van der Waals surface area contributed by atoms with E-state index < -0.39 is 11.4 Å². The average Bonchev–Trinajstić information content (AvgIpc) is 2.25. The van der Waals surface area contributed by atoms with Gasteiger partial charge in [-0.25, -0.2) is 9.59 Å². The number of fused-ring (bicyclic) bond motifs is 1. The van der Waals surface area contributed by atoms with E-state index in [0.29, 0.717) is 16.8 Å². The summed E-state index contributed by atoms with van der Waals surface area (Å²) < 4.78 is 4.46. The Morgan fingerprint density at radius 3 is 2.94 bits per heavy atom. The smallest absolute Gasteiger partial charge is 0.372 e. The molecule has 0 radical (unpaired) electrons. The van der Waals surface area contributed by atoms with Crippen molar-refractivity contribution >= 4 is 23.5 Å². The number of aromatic nitrogens is 1. The molecule has 2 rings (SSSR count). The zero-order valence-electron chi connectivity index (χ0n) is 8.11. The SMILES string of the molecule is O=c1[nH]c2cccc(C#CCS)c2c(=O)o1. The molecule has 0 saturated carbocycles. The third kappa shape index (κ3) is 1.88. The Balaban J connectivity index is 2.87. The molecule has 0 aliphatic heterocycles. The van der Waals surface area contributed by atoms with E-state index >= 15 is 0 Å². The largest absolute Gasteiger partial charge is 0.419 e. The van der Waals surface area contributed by atoms with Gasteiger partial charge in [-0.15, -0.1) is 0 Å². The van der Waals surface area contributed by atoms with Crippen molar-refractivity contribution in [3.8, 4) is 11.8 Å². The van der Waals surface area contributed by atoms with Gasteiger partial charge in [0.15, 0.2) is 0 Å². The highest BCUT2D eigenvalue weighted by molar-refractivity contribution is 7.80. The van der Waals surface area contributed by atoms with E-state index in [-0.39, 0.29) is 5.39 Å². The molecule has 0 unspecified atom stereocenters. The minimum Gasteiger partial charge on any atom is -0.372 e. The molecule has 4 nitrogen and oxygen atoms in total. The van der Waals surface area contributed by atoms with Gasteiger partial charge in [0.05, 0.1) is 16.7 Å². The van der Waals surface area contributed by atoms with Crippen LogP contribution in [0.5, 0.6) is 0 Å². The van der Waals surface area contributed by atoms with Crippen LogP contribution in [0, 0.1) is 11.8 Å². The highest BCUT2D eigenvalue weighted by atomic mass is 32.1. The summed E-state index contributed by atoms with van der Waals surface area (Å²) in [6, 6.07) is 5.02. The lowest BCUT2D eigenvalue weighted by molar-refractivity contribution is 0.460. The number of thiol groups is 1. The van der Waals surface area contributed by atoms with Crippen LogP contribution >= 0.6 is 12.6 Å². The molecule has 0 amide bonds. The molecule has 0 bridgehead atoms. The first-order valence-corrected chi connectivity index (χ1v) is 5.11. The molecule has 2 aromatic rings. The molecule has 0 aliphatic carbocycles. The van der Waals surface area contributed by atoms with Gasteiger partial charge < -0.3 is 4.42 Å². The third-order valence-corrected chi connectivity index (χ3v) is 2.15. The second-order valence-corrected chi connectivity index (χ2v) is 3.31. The van der Waals surface area contributed by atoms with Crippen molar-refractivity contribution in [3.05, 3.63) is 44.7 Å². The van der Waals surface area contributed by atoms with E-state index in [2.05, 4.69) is 33.9 Å². The highest BCUT2D eigenvalue weighted by Crippen LogP contribution is 2.10. The summed E-state index contributed by atoms with van der Waals surface area (Å²) in [6.45, 7) is 0. The lowest BCUT2D eigenvalue weighted by Gasteiger charge is -1.97. The lowest BCUT2D eigenvalue weighted by atomic mass is 10.1. The monoisotopic (exact) mass is 233 g/mol. The Hall–Kier alpha value is -1.93. The topological polar surface area (TPSA) is 63.1 Å². The van der Waals surface area contributed by atoms with Crippen molar-refractivity contribution in [2.45, 2.75) is 0 Å². The molecule has 5 heteroatoms. The molecule has 80 valence electrons. The first-order chi connectivity index (χ1) is 7.72. The number of aromatic amines is 1. The van der Waals surface area contributed by atoms with Gasteiger partial charge in [-0.3, -0.25) is 4.98 Å². The van der Waals surface area contributed by atoms with Crippen LogP contribution in [0.2, 0.25) is 0 Å². The lowest BCUT2D eigenvalue weighted by Crippen LogP contribution is -2.15. The van der Waals surface area contributed by atoms with Crippen molar-refractivity contribution in [2.75, 3.05) is 5.75 Å². The van der Waals surface area contributed by atoms with Crippen LogP contribution in [-0.2, 0) is 0 Å². The maximum Gasteiger partial charge on any atom is 0.419 e. The second-order valence-electron chi connectivity index (χ2n) is 2.99. The molecule has 0 spiro atoms. The number of nitrogens with one attached hydrogen (secondary N) is 1. The maximum absolute atomic E-state index is 11.5. The van der Waals surface area contributed by atoms with Gasteiger partial charge in [-0.1, -0.05) is 17.9 Å². The van der Waals surface area contributed by atoms with Crippen LogP contribution < -0.4 is 11.4 Å². The molecular weight excluding hydrogens is 226 g/mol. The van der Waals surface area contributed by atoms with Crippen LogP contribution in [0.15, 0.2) is 32.2 Å². The quantitative estimate of drug-likeness (QED) is 0.521. The third-order valence-electron chi connectivity index (χ3n) is 1.99. The van der Waals surface area contributed by atoms with Crippen LogP contribution in [0.1, 0.15) is 5.56 Å². The molecule has 0 aliphatic rings. The fourth-order valence-electron chi connectivity index (χ4n) is 1.39. The average molecular weight is 233 g/mol. The minimum atomic E-state index is -0.767. The minimum absolute atomic E-state index is 0.288. The fourth-order valence-corrected chi connectivity index (χ4v) is 1.47. The summed E-state index contributed by atoms with van der Waals surface area (Å²) in [5.74, 6) is 5.16. The zero-order valence-corrected chi connectivity index (χ0v) is 9.01. The summed E-state index contributed by atoms with van der Waals surface area (Å²) >= 11 is 3.95. The van der Waals surface area contributed by atoms with Crippen molar-refractivity contribution in [1.82, 2.24) is 4.98 Å². The van der Waals surface area contributed by atoms with Gasteiger partial charge >= 0.3 is 11.4 Å². The molecular formula is C11H7NO3S. The Bertz CT molecular complexity index is 703. The summed E-state index contributed by atoms with van der Waals surface area (Å²) in [4.78, 5) is 24.9. The number of H-pyrrole nitrogens is 1. The molecule has 16 heavy (non-hydrogen) atoms. The number of benzene rings is 1. The van der Waals surface area contributed by atoms with E-state index in [1.807, 2.05) is 0 Å². The van der Waals surface area contributed by atoms with E-state index in [4.69, 9.17) is 0 Å². The van der Waals surface area contributed by atoms with Crippen LogP contribution in [0.4, 0.5) is 0 Å². The Labute approximate surface area is 95.7 Å². The highest BCUT2D eigenvalue weighted by Gasteiger charge is 2.05. The van der Waals surface area contributed by atoms with Crippen molar-refractivity contribution in [1.29, 1.82) is 0 Å². The van der Waals surface area contributed by atoms with E-state index in [1.165, 1.54) is 0 Å². The van der Waals surface area contributed by atoms with Crippen LogP contribution in [0.25, 0.3) is 10.9 Å². The van der Waals surface area contributed by atoms with E-state index in [1.54, 1.807) is 18.2 Å². The molecule has 1 heterocycles. The first kappa shape index (κ1) is 10.6. The van der Waals surface area contributed by atoms with Crippen molar-refractivity contribution < 1.29 is 4.42 Å². The Kier molecular flexibility index (Phi) is 2.84. The second kappa shape index (κ2) is 4.29. The van der Waals surface area contributed by atoms with Gasteiger partial charge in [0, 0.05) is 5.56 Å². The molecule has 0 saturated heterocycles. The molecule has 1 N–H and O–H groups in total. The van der Waals surface area contributed by atoms with Crippen molar-refractivity contribution in [3.63, 3.8) is 0 Å². The van der Waals surface area contributed by atoms with Gasteiger partial charge in [0.1, 0.15) is 0 Å². The summed E-state index contributed by atoms with van der Waals surface area (Å²) in [7, 11) is 0. The summed E-state index contributed by atoms with van der Waals surface area (Å²) in [6.07, 6.45) is 0. The molecule has 0 atom stereocenters. The predicted molar refractivity (Wildman–Crippen MR) is 63.8 cm³/mol. The van der Waals surface area contributed by atoms with E-state index in [0.717, 1.165) is 0 Å². The summed E-state index contributed by atoms with van der Waals surface area (Å²) in [5, 5.41) is 0.288. The zero-order chi connectivity index (χ0) is 11.5. The van der Waals surface area contributed by atoms with Crippen LogP contribution in [0.3, 0.4) is 0 Å². The molecule has 1 aromatic heterocycles. The first-order valence-electron chi connectivity index (χ1n) is 4.48. The van der Waals surface area contributed by atoms with Crippen LogP contribution in [-0.4, -0.2) is 10.7 Å². The maximum atomic E-state index is 11.5. The summed E-state index contributed by atoms with van der Waals surface area (Å²) in [5.41, 5.74) is 0.270. The number of hydrogen-bond acceptors (Lipinski definition) is 4. The molecule has 0 fully saturated rings. The molecule has 1 aromatic carbocycles. The van der Waals surface area contributed by atoms with Gasteiger partial charge in [0.25, 0.3) is 0 Å². The van der Waals surface area contributed by atoms with Gasteiger partial charge in [-0.2, -0.15) is 12.6 Å². The predicted octanol–water partition coefficient (Wildman–Crippen LogP) is 0.763. The van der Waals surface area contributed by atoms with E-state index in [9.17, 15) is 9.59 Å². The van der Waals surface area contributed by atoms with Crippen molar-refractivity contribution in [2.24, 2.45) is 0 Å². The van der Waals surface area contributed by atoms with Gasteiger partial charge in [0.2, 0.25) is 0 Å². The fraction of sp³-hybridized carbons (Fsp3) is 0.0909.